The average molecular weight is 566 g/mol. The van der Waals surface area contributed by atoms with Crippen LogP contribution in [0.5, 0.6) is 0 Å². The number of thioether (sulfide) groups is 2. The second-order valence-electron chi connectivity index (χ2n) is 7.45. The molecule has 0 spiro atoms. The molecule has 0 atom stereocenters. The van der Waals surface area contributed by atoms with Crippen LogP contribution in [0.3, 0.4) is 0 Å². The molecule has 184 valence electrons. The molecule has 0 unspecified atom stereocenters. The second kappa shape index (κ2) is 9.45. The van der Waals surface area contributed by atoms with Crippen molar-refractivity contribution in [3.63, 3.8) is 0 Å². The minimum absolute atomic E-state index is 0.0753. The lowest BCUT2D eigenvalue weighted by Crippen LogP contribution is -2.18. The number of allylic oxidation sites excluding steroid dienone is 2. The smallest absolute Gasteiger partial charge is 0.308 e. The summed E-state index contributed by atoms with van der Waals surface area (Å²) >= 11 is 5.85. The first kappa shape index (κ1) is 26.1. The lowest BCUT2D eigenvalue weighted by atomic mass is 10.0. The third-order valence-electron chi connectivity index (χ3n) is 5.16. The van der Waals surface area contributed by atoms with Crippen LogP contribution in [0.2, 0.25) is 0 Å². The number of nitrogens with one attached hydrogen (secondary N) is 1. The van der Waals surface area contributed by atoms with Crippen molar-refractivity contribution in [2.45, 2.75) is 26.9 Å². The number of aryl methyl sites for hydroxylation is 1. The summed E-state index contributed by atoms with van der Waals surface area (Å²) in [5, 5.41) is 7.59. The van der Waals surface area contributed by atoms with E-state index in [0.29, 0.717) is 10.7 Å². The van der Waals surface area contributed by atoms with E-state index in [2.05, 4.69) is 0 Å². The van der Waals surface area contributed by atoms with Crippen LogP contribution in [0.4, 0.5) is 30.7 Å². The predicted octanol–water partition coefficient (Wildman–Crippen LogP) is 7.63. The van der Waals surface area contributed by atoms with Crippen LogP contribution >= 0.6 is 46.2 Å². The fourth-order valence-corrected chi connectivity index (χ4v) is 8.40. The monoisotopic (exact) mass is 565 g/mol. The van der Waals surface area contributed by atoms with E-state index in [1.54, 1.807) is 29.6 Å². The van der Waals surface area contributed by atoms with E-state index in [4.69, 9.17) is 5.41 Å². The Morgan fingerprint density at radius 3 is 1.91 bits per heavy atom. The summed E-state index contributed by atoms with van der Waals surface area (Å²) in [7, 11) is 0. The topological polar surface area (TPSA) is 23.9 Å². The molecule has 0 aliphatic carbocycles. The first-order chi connectivity index (χ1) is 16.3. The molecule has 12 heteroatoms. The number of alkyl halides is 3. The Hall–Kier alpha value is -2.02. The summed E-state index contributed by atoms with van der Waals surface area (Å²) in [6.07, 6.45) is -5.17. The molecule has 3 heterocycles. The van der Waals surface area contributed by atoms with Crippen molar-refractivity contribution in [2.24, 2.45) is 0 Å². The first-order valence-electron chi connectivity index (χ1n) is 9.77. The maximum Gasteiger partial charge on any atom is 0.422 e. The molecule has 1 N–H and O–H groups in total. The highest BCUT2D eigenvalue weighted by atomic mass is 32.2. The van der Waals surface area contributed by atoms with Gasteiger partial charge in [-0.2, -0.15) is 13.2 Å². The van der Waals surface area contributed by atoms with E-state index >= 15 is 0 Å². The van der Waals surface area contributed by atoms with Gasteiger partial charge in [-0.3, -0.25) is 0 Å². The zero-order valence-corrected chi connectivity index (χ0v) is 21.4. The number of thiophene rings is 2. The molecule has 4 rings (SSSR count). The number of halogens is 7. The lowest BCUT2D eigenvalue weighted by molar-refractivity contribution is -0.143. The van der Waals surface area contributed by atoms with Crippen LogP contribution in [0.15, 0.2) is 28.0 Å². The summed E-state index contributed by atoms with van der Waals surface area (Å²) in [6.45, 7) is 5.97. The SMILES string of the molecule is CC1=C(C)SC(=c2cc(C)/c(=c3/cc/c(=C(/C=N)c4c(F)c(F)c(C(F)(F)F)c(F)c4F)s3)s2)S1. The van der Waals surface area contributed by atoms with Crippen LogP contribution in [-0.2, 0) is 6.18 Å². The molecule has 0 radical (unpaired) electrons. The van der Waals surface area contributed by atoms with Gasteiger partial charge in [0.1, 0.15) is 5.56 Å². The number of benzene rings is 1. The van der Waals surface area contributed by atoms with E-state index in [1.165, 1.54) is 27.2 Å². The highest BCUT2D eigenvalue weighted by Crippen LogP contribution is 2.49. The van der Waals surface area contributed by atoms with Crippen LogP contribution in [0.1, 0.15) is 30.5 Å². The Labute approximate surface area is 210 Å². The summed E-state index contributed by atoms with van der Waals surface area (Å²) in [5.74, 6) is -9.51. The Kier molecular flexibility index (Phi) is 7.04. The third-order valence-corrected chi connectivity index (χ3v) is 10.6. The molecule has 35 heavy (non-hydrogen) atoms. The van der Waals surface area contributed by atoms with E-state index in [1.807, 2.05) is 26.8 Å². The largest absolute Gasteiger partial charge is 0.422 e. The molecule has 2 aromatic heterocycles. The predicted molar refractivity (Wildman–Crippen MR) is 130 cm³/mol. The Bertz CT molecular complexity index is 1580. The summed E-state index contributed by atoms with van der Waals surface area (Å²) in [5.41, 5.74) is -3.63. The molecule has 1 aliphatic heterocycles. The standard InChI is InChI=1S/C23H14F7NS4/c1-8-6-14(22-32-9(2)10(3)33-22)35-21(8)13-5-4-12(34-13)11(7-31)15-17(24)19(26)16(23(28,29)30)20(27)18(15)25/h4-7,31H,1-3H3/b12-11+,21-13+,31-7?. The van der Waals surface area contributed by atoms with Gasteiger partial charge in [-0.25, -0.2) is 17.6 Å². The van der Waals surface area contributed by atoms with Crippen molar-refractivity contribution in [3.05, 3.63) is 86.1 Å². The van der Waals surface area contributed by atoms with E-state index < -0.39 is 46.1 Å². The maximum absolute atomic E-state index is 14.6. The highest BCUT2D eigenvalue weighted by molar-refractivity contribution is 8.35. The molecule has 1 aromatic carbocycles. The molecule has 1 aliphatic rings. The molecule has 0 fully saturated rings. The lowest BCUT2D eigenvalue weighted by Gasteiger charge is -2.14. The van der Waals surface area contributed by atoms with Gasteiger partial charge in [0.2, 0.25) is 0 Å². The second-order valence-corrected chi connectivity index (χ2v) is 12.3. The van der Waals surface area contributed by atoms with Crippen LogP contribution < -0.4 is 9.06 Å². The van der Waals surface area contributed by atoms with Gasteiger partial charge in [0.25, 0.3) is 0 Å². The highest BCUT2D eigenvalue weighted by Gasteiger charge is 2.42. The van der Waals surface area contributed by atoms with Crippen LogP contribution in [0, 0.1) is 44.7 Å². The van der Waals surface area contributed by atoms with Gasteiger partial charge in [-0.05, 0) is 54.3 Å². The van der Waals surface area contributed by atoms with Crippen molar-refractivity contribution in [2.75, 3.05) is 0 Å². The van der Waals surface area contributed by atoms with Crippen molar-refractivity contribution in [1.29, 1.82) is 5.41 Å². The normalized spacial score (nSPS) is 16.3. The van der Waals surface area contributed by atoms with Gasteiger partial charge in [-0.15, -0.1) is 22.7 Å². The van der Waals surface area contributed by atoms with Gasteiger partial charge in [-0.1, -0.05) is 23.5 Å². The molecule has 0 saturated heterocycles. The van der Waals surface area contributed by atoms with Gasteiger partial charge in [0.15, 0.2) is 23.3 Å². The summed E-state index contributed by atoms with van der Waals surface area (Å²) in [6, 6.07) is 5.06. The summed E-state index contributed by atoms with van der Waals surface area (Å²) < 4.78 is 100. The average Bonchev–Trinajstić information content (AvgIpc) is 3.48. The van der Waals surface area contributed by atoms with Crippen molar-refractivity contribution >= 4 is 62.2 Å². The number of rotatable bonds is 2. The molecule has 0 bridgehead atoms. The van der Waals surface area contributed by atoms with Crippen LogP contribution in [0.25, 0.3) is 9.81 Å². The molecule has 1 nitrogen and oxygen atoms in total. The van der Waals surface area contributed by atoms with Gasteiger partial charge in [0.05, 0.1) is 9.80 Å². The van der Waals surface area contributed by atoms with Crippen molar-refractivity contribution in [1.82, 2.24) is 0 Å². The fourth-order valence-electron chi connectivity index (χ4n) is 3.36. The molecular formula is C23H14F7NS4. The molecule has 3 aromatic rings. The minimum atomic E-state index is -5.63. The van der Waals surface area contributed by atoms with Crippen LogP contribution in [-0.4, -0.2) is 6.21 Å². The van der Waals surface area contributed by atoms with E-state index in [9.17, 15) is 30.7 Å². The molecule has 0 saturated carbocycles. The van der Waals surface area contributed by atoms with Gasteiger partial charge in [0, 0.05) is 29.9 Å². The summed E-state index contributed by atoms with van der Waals surface area (Å²) in [4.78, 5) is 2.42. The Balaban J connectivity index is 1.98. The quantitative estimate of drug-likeness (QED) is 0.196. The van der Waals surface area contributed by atoms with Crippen molar-refractivity contribution in [3.8, 4) is 0 Å². The number of hydrogen-bond acceptors (Lipinski definition) is 5. The number of hydrogen-bond donors (Lipinski definition) is 1. The van der Waals surface area contributed by atoms with Gasteiger partial charge < -0.3 is 5.41 Å². The third kappa shape index (κ3) is 4.61. The minimum Gasteiger partial charge on any atom is -0.308 e. The maximum atomic E-state index is 14.6. The van der Waals surface area contributed by atoms with E-state index in [-0.39, 0.29) is 4.53 Å². The zero-order chi connectivity index (χ0) is 25.8. The Morgan fingerprint density at radius 1 is 0.829 bits per heavy atom. The Morgan fingerprint density at radius 2 is 1.40 bits per heavy atom. The first-order valence-corrected chi connectivity index (χ1v) is 13.0. The van der Waals surface area contributed by atoms with E-state index in [0.717, 1.165) is 30.2 Å². The molecule has 0 amide bonds. The fraction of sp³-hybridized carbons (Fsp3) is 0.174. The molecular weight excluding hydrogens is 552 g/mol. The zero-order valence-electron chi connectivity index (χ0n) is 18.1. The van der Waals surface area contributed by atoms with Crippen molar-refractivity contribution < 1.29 is 30.7 Å². The van der Waals surface area contributed by atoms with Gasteiger partial charge >= 0.3 is 6.18 Å².